The van der Waals surface area contributed by atoms with Crippen LogP contribution >= 0.6 is 11.6 Å². The smallest absolute Gasteiger partial charge is 0.270 e. The standard InChI is InChI=1S/C27H26ClN7O/c1-17-15-35(27(21-11-12-30-16-31-21)19-5-7-20(28)8-6-19)18(2)14-34(17)23-13-25(36)33(4)22-9-10-24(29-3)32-26(22)23/h5-13,16-18,27H,14-15H2,1-2,4H3/t17-,18+,27?/m0/s1. The van der Waals surface area contributed by atoms with Gasteiger partial charge in [0.15, 0.2) is 0 Å². The molecule has 0 radical (unpaired) electrons. The van der Waals surface area contributed by atoms with Crippen LogP contribution in [0.4, 0.5) is 11.5 Å². The zero-order valence-electron chi connectivity index (χ0n) is 20.3. The first-order valence-corrected chi connectivity index (χ1v) is 12.2. The molecule has 5 rings (SSSR count). The second kappa shape index (κ2) is 9.69. The summed E-state index contributed by atoms with van der Waals surface area (Å²) in [6.07, 6.45) is 3.34. The number of hydrogen-bond donors (Lipinski definition) is 0. The highest BCUT2D eigenvalue weighted by Crippen LogP contribution is 2.35. The second-order valence-corrected chi connectivity index (χ2v) is 9.65. The van der Waals surface area contributed by atoms with Gasteiger partial charge < -0.3 is 14.3 Å². The molecule has 0 saturated carbocycles. The Kier molecular flexibility index (Phi) is 6.44. The van der Waals surface area contributed by atoms with Gasteiger partial charge in [0.25, 0.3) is 11.4 Å². The summed E-state index contributed by atoms with van der Waals surface area (Å²) in [6, 6.07) is 15.1. The summed E-state index contributed by atoms with van der Waals surface area (Å²) >= 11 is 6.18. The maximum Gasteiger partial charge on any atom is 0.270 e. The predicted molar refractivity (Wildman–Crippen MR) is 142 cm³/mol. The zero-order valence-corrected chi connectivity index (χ0v) is 21.1. The van der Waals surface area contributed by atoms with Crippen LogP contribution in [-0.2, 0) is 7.05 Å². The van der Waals surface area contributed by atoms with E-state index in [2.05, 4.69) is 43.4 Å². The van der Waals surface area contributed by atoms with Crippen LogP contribution in [0.5, 0.6) is 0 Å². The molecule has 0 aliphatic carbocycles. The number of aromatic nitrogens is 4. The van der Waals surface area contributed by atoms with Crippen molar-refractivity contribution in [1.82, 2.24) is 24.4 Å². The van der Waals surface area contributed by atoms with E-state index in [1.165, 1.54) is 0 Å². The van der Waals surface area contributed by atoms with E-state index in [9.17, 15) is 4.79 Å². The molecule has 0 bridgehead atoms. The van der Waals surface area contributed by atoms with Gasteiger partial charge in [0.2, 0.25) is 5.52 Å². The van der Waals surface area contributed by atoms with E-state index in [4.69, 9.17) is 18.2 Å². The monoisotopic (exact) mass is 499 g/mol. The number of benzene rings is 1. The molecule has 1 fully saturated rings. The van der Waals surface area contributed by atoms with Gasteiger partial charge in [-0.25, -0.2) is 9.97 Å². The Hall–Kier alpha value is -3.80. The third-order valence-electron chi connectivity index (χ3n) is 6.91. The number of halogens is 1. The Labute approximate surface area is 214 Å². The van der Waals surface area contributed by atoms with Gasteiger partial charge in [-0.3, -0.25) is 9.69 Å². The molecule has 1 saturated heterocycles. The van der Waals surface area contributed by atoms with Gasteiger partial charge in [-0.1, -0.05) is 30.3 Å². The Balaban J connectivity index is 1.55. The van der Waals surface area contributed by atoms with Crippen LogP contribution in [0.25, 0.3) is 15.9 Å². The lowest BCUT2D eigenvalue weighted by Gasteiger charge is -2.48. The average Bonchev–Trinajstić information content (AvgIpc) is 2.89. The van der Waals surface area contributed by atoms with Gasteiger partial charge in [0.1, 0.15) is 6.33 Å². The number of pyridine rings is 2. The van der Waals surface area contributed by atoms with Crippen LogP contribution in [0.15, 0.2) is 65.8 Å². The molecule has 36 heavy (non-hydrogen) atoms. The number of nitrogens with zero attached hydrogens (tertiary/aromatic N) is 7. The van der Waals surface area contributed by atoms with Crippen LogP contribution in [-0.4, -0.2) is 49.6 Å². The Morgan fingerprint density at radius 1 is 1.08 bits per heavy atom. The molecule has 1 aromatic carbocycles. The Morgan fingerprint density at radius 3 is 2.56 bits per heavy atom. The molecular formula is C27H26ClN7O. The van der Waals surface area contributed by atoms with Gasteiger partial charge in [-0.15, -0.1) is 4.98 Å². The van der Waals surface area contributed by atoms with E-state index in [1.807, 2.05) is 30.3 Å². The van der Waals surface area contributed by atoms with E-state index in [0.717, 1.165) is 23.5 Å². The fourth-order valence-electron chi connectivity index (χ4n) is 5.07. The summed E-state index contributed by atoms with van der Waals surface area (Å²) < 4.78 is 1.58. The van der Waals surface area contributed by atoms with Crippen molar-refractivity contribution in [2.75, 3.05) is 18.0 Å². The van der Waals surface area contributed by atoms with Crippen LogP contribution in [0.3, 0.4) is 0 Å². The van der Waals surface area contributed by atoms with Crippen molar-refractivity contribution < 1.29 is 0 Å². The van der Waals surface area contributed by atoms with Crippen LogP contribution < -0.4 is 10.5 Å². The summed E-state index contributed by atoms with van der Waals surface area (Å²) in [4.78, 5) is 34.3. The summed E-state index contributed by atoms with van der Waals surface area (Å²) in [6.45, 7) is 13.2. The highest BCUT2D eigenvalue weighted by molar-refractivity contribution is 6.30. The molecule has 0 spiro atoms. The van der Waals surface area contributed by atoms with Gasteiger partial charge in [-0.05, 0) is 49.7 Å². The number of fused-ring (bicyclic) bond motifs is 1. The lowest BCUT2D eigenvalue weighted by molar-refractivity contribution is 0.128. The minimum Gasteiger partial charge on any atom is -0.362 e. The summed E-state index contributed by atoms with van der Waals surface area (Å²) in [7, 11) is 1.73. The van der Waals surface area contributed by atoms with E-state index < -0.39 is 0 Å². The highest BCUT2D eigenvalue weighted by atomic mass is 35.5. The van der Waals surface area contributed by atoms with Gasteiger partial charge in [0.05, 0.1) is 22.9 Å². The lowest BCUT2D eigenvalue weighted by Crippen LogP contribution is -2.57. The van der Waals surface area contributed by atoms with E-state index in [0.29, 0.717) is 28.4 Å². The first-order chi connectivity index (χ1) is 17.4. The molecule has 1 aliphatic heterocycles. The van der Waals surface area contributed by atoms with Crippen LogP contribution in [0, 0.1) is 6.57 Å². The van der Waals surface area contributed by atoms with Gasteiger partial charge in [-0.2, -0.15) is 0 Å². The zero-order chi connectivity index (χ0) is 25.4. The first-order valence-electron chi connectivity index (χ1n) is 11.8. The molecule has 3 atom stereocenters. The molecule has 182 valence electrons. The summed E-state index contributed by atoms with van der Waals surface area (Å²) in [5.74, 6) is 0.313. The van der Waals surface area contributed by atoms with E-state index in [-0.39, 0.29) is 23.7 Å². The van der Waals surface area contributed by atoms with Crippen LogP contribution in [0.2, 0.25) is 5.02 Å². The third kappa shape index (κ3) is 4.32. The topological polar surface area (TPSA) is 71.5 Å². The minimum absolute atomic E-state index is 0.0721. The number of rotatable bonds is 4. The molecular weight excluding hydrogens is 474 g/mol. The molecule has 1 aliphatic rings. The number of piperazine rings is 1. The van der Waals surface area contributed by atoms with Crippen molar-refractivity contribution in [3.8, 4) is 0 Å². The molecule has 4 heterocycles. The average molecular weight is 500 g/mol. The molecule has 8 nitrogen and oxygen atoms in total. The van der Waals surface area contributed by atoms with Gasteiger partial charge in [0, 0.05) is 49.5 Å². The fraction of sp³-hybridized carbons (Fsp3) is 0.296. The molecule has 9 heteroatoms. The SMILES string of the molecule is [C-]#[N+]c1ccc2c(n1)c(N1C[C@@H](C)N(C(c3ccc(Cl)cc3)c3ccncn3)C[C@@H]1C)cc(=O)n2C. The second-order valence-electron chi connectivity index (χ2n) is 9.21. The van der Waals surface area contributed by atoms with Crippen molar-refractivity contribution in [3.63, 3.8) is 0 Å². The quantitative estimate of drug-likeness (QED) is 0.382. The van der Waals surface area contributed by atoms with Crippen molar-refractivity contribution in [2.45, 2.75) is 32.0 Å². The van der Waals surface area contributed by atoms with Crippen LogP contribution in [0.1, 0.15) is 31.1 Å². The number of hydrogen-bond acceptors (Lipinski definition) is 6. The largest absolute Gasteiger partial charge is 0.362 e. The van der Waals surface area contributed by atoms with Crippen molar-refractivity contribution >= 4 is 34.1 Å². The molecule has 0 N–H and O–H groups in total. The summed E-state index contributed by atoms with van der Waals surface area (Å²) in [5.41, 5.74) is 4.07. The molecule has 1 unspecified atom stereocenters. The fourth-order valence-corrected chi connectivity index (χ4v) is 5.20. The normalized spacial score (nSPS) is 19.2. The van der Waals surface area contributed by atoms with Crippen molar-refractivity contribution in [3.05, 3.63) is 99.1 Å². The molecule has 4 aromatic rings. The maximum absolute atomic E-state index is 12.8. The summed E-state index contributed by atoms with van der Waals surface area (Å²) in [5, 5.41) is 0.690. The first kappa shape index (κ1) is 23.9. The number of anilines is 1. The Bertz CT molecular complexity index is 1500. The Morgan fingerprint density at radius 2 is 1.86 bits per heavy atom. The highest BCUT2D eigenvalue weighted by Gasteiger charge is 2.36. The minimum atomic E-state index is -0.0998. The molecule has 3 aromatic heterocycles. The maximum atomic E-state index is 12.8. The number of aryl methyl sites for hydroxylation is 1. The predicted octanol–water partition coefficient (Wildman–Crippen LogP) is 4.62. The van der Waals surface area contributed by atoms with E-state index >= 15 is 0 Å². The molecule has 0 amide bonds. The van der Waals surface area contributed by atoms with Crippen molar-refractivity contribution in [2.24, 2.45) is 7.05 Å². The van der Waals surface area contributed by atoms with E-state index in [1.54, 1.807) is 42.3 Å². The van der Waals surface area contributed by atoms with Gasteiger partial charge >= 0.3 is 0 Å². The lowest BCUT2D eigenvalue weighted by atomic mass is 9.96. The van der Waals surface area contributed by atoms with Crippen molar-refractivity contribution in [1.29, 1.82) is 0 Å². The third-order valence-corrected chi connectivity index (χ3v) is 7.17.